The molecule has 1 fully saturated rings. The third kappa shape index (κ3) is 5.19. The molecule has 0 bridgehead atoms. The first kappa shape index (κ1) is 26.4. The van der Waals surface area contributed by atoms with Gasteiger partial charge in [-0.2, -0.15) is 4.98 Å². The standard InChI is InChI=1S/C30H38N4O4/c1-5-22-15-21(10-11-23(22)18-37-4)12-13-30(24-8-6-7-9-24)17-26(35)25(28(36)38-30)16-27-32-29-31-19(2)14-20(3)34(29)33-27/h10-11,14-15,24,35H,5-9,12-13,16-18H2,1-4H3. The number of hydrogen-bond donors (Lipinski definition) is 1. The van der Waals surface area contributed by atoms with Crippen molar-refractivity contribution in [1.29, 1.82) is 0 Å². The van der Waals surface area contributed by atoms with Gasteiger partial charge in [-0.1, -0.05) is 38.0 Å². The Morgan fingerprint density at radius 3 is 2.66 bits per heavy atom. The summed E-state index contributed by atoms with van der Waals surface area (Å²) in [6.45, 7) is 6.61. The zero-order valence-electron chi connectivity index (χ0n) is 22.9. The van der Waals surface area contributed by atoms with Crippen molar-refractivity contribution in [2.24, 2.45) is 5.92 Å². The van der Waals surface area contributed by atoms with Crippen molar-refractivity contribution in [1.82, 2.24) is 19.6 Å². The number of aliphatic hydroxyl groups is 1. The minimum atomic E-state index is -0.694. The highest BCUT2D eigenvalue weighted by molar-refractivity contribution is 5.90. The van der Waals surface area contributed by atoms with E-state index in [0.29, 0.717) is 31.1 Å². The molecule has 2 aliphatic rings. The average molecular weight is 519 g/mol. The number of carbonyl (C=O) groups is 1. The van der Waals surface area contributed by atoms with E-state index in [1.807, 2.05) is 19.9 Å². The number of esters is 1. The molecule has 0 saturated heterocycles. The summed E-state index contributed by atoms with van der Waals surface area (Å²) in [4.78, 5) is 22.3. The van der Waals surface area contributed by atoms with Crippen LogP contribution in [0.5, 0.6) is 0 Å². The quantitative estimate of drug-likeness (QED) is 0.383. The lowest BCUT2D eigenvalue weighted by atomic mass is 9.76. The number of fused-ring (bicyclic) bond motifs is 1. The molecule has 1 atom stereocenters. The van der Waals surface area contributed by atoms with Gasteiger partial charge in [-0.3, -0.25) is 0 Å². The lowest BCUT2D eigenvalue weighted by Crippen LogP contribution is -2.46. The van der Waals surface area contributed by atoms with Crippen LogP contribution < -0.4 is 0 Å². The van der Waals surface area contributed by atoms with E-state index < -0.39 is 11.6 Å². The van der Waals surface area contributed by atoms with Gasteiger partial charge < -0.3 is 14.6 Å². The van der Waals surface area contributed by atoms with Gasteiger partial charge in [0, 0.05) is 31.3 Å². The lowest BCUT2D eigenvalue weighted by molar-refractivity contribution is -0.167. The van der Waals surface area contributed by atoms with Crippen molar-refractivity contribution < 1.29 is 19.4 Å². The van der Waals surface area contributed by atoms with Gasteiger partial charge in [-0.25, -0.2) is 14.3 Å². The fourth-order valence-electron chi connectivity index (χ4n) is 6.24. The summed E-state index contributed by atoms with van der Waals surface area (Å²) >= 11 is 0. The number of aryl methyl sites for hydroxylation is 4. The number of methoxy groups -OCH3 is 1. The summed E-state index contributed by atoms with van der Waals surface area (Å²) in [7, 11) is 1.72. The Labute approximate surface area is 224 Å². The Hall–Kier alpha value is -3.26. The van der Waals surface area contributed by atoms with Crippen LogP contribution in [0.25, 0.3) is 5.78 Å². The first-order chi connectivity index (χ1) is 18.3. The highest BCUT2D eigenvalue weighted by Gasteiger charge is 2.48. The van der Waals surface area contributed by atoms with Gasteiger partial charge in [-0.15, -0.1) is 5.10 Å². The molecule has 3 aromatic rings. The minimum Gasteiger partial charge on any atom is -0.512 e. The molecular weight excluding hydrogens is 480 g/mol. The van der Waals surface area contributed by atoms with Crippen molar-refractivity contribution >= 4 is 11.7 Å². The topological polar surface area (TPSA) is 98.8 Å². The molecule has 1 aliphatic carbocycles. The highest BCUT2D eigenvalue weighted by atomic mass is 16.6. The number of benzene rings is 1. The normalized spacial score (nSPS) is 20.5. The lowest BCUT2D eigenvalue weighted by Gasteiger charge is -2.41. The smallest absolute Gasteiger partial charge is 0.338 e. The zero-order valence-corrected chi connectivity index (χ0v) is 22.9. The summed E-state index contributed by atoms with van der Waals surface area (Å²) < 4.78 is 13.3. The summed E-state index contributed by atoms with van der Waals surface area (Å²) in [5, 5.41) is 15.8. The van der Waals surface area contributed by atoms with Gasteiger partial charge in [0.2, 0.25) is 0 Å². The van der Waals surface area contributed by atoms with Gasteiger partial charge in [0.1, 0.15) is 11.4 Å². The summed E-state index contributed by atoms with van der Waals surface area (Å²) in [5.74, 6) is 0.839. The van der Waals surface area contributed by atoms with Crippen molar-refractivity contribution in [2.75, 3.05) is 7.11 Å². The van der Waals surface area contributed by atoms with E-state index in [9.17, 15) is 9.90 Å². The van der Waals surface area contributed by atoms with E-state index in [-0.39, 0.29) is 23.7 Å². The van der Waals surface area contributed by atoms with Crippen LogP contribution in [0.3, 0.4) is 0 Å². The highest BCUT2D eigenvalue weighted by Crippen LogP contribution is 2.46. The summed E-state index contributed by atoms with van der Waals surface area (Å²) in [5.41, 5.74) is 5.04. The molecular formula is C30H38N4O4. The maximum atomic E-state index is 13.4. The van der Waals surface area contributed by atoms with Crippen molar-refractivity contribution in [3.63, 3.8) is 0 Å². The molecule has 2 aromatic heterocycles. The maximum absolute atomic E-state index is 13.4. The van der Waals surface area contributed by atoms with Crippen LogP contribution >= 0.6 is 0 Å². The fraction of sp³-hybridized carbons (Fsp3) is 0.533. The molecule has 1 N–H and O–H groups in total. The largest absolute Gasteiger partial charge is 0.512 e. The van der Waals surface area contributed by atoms with Crippen LogP contribution in [-0.4, -0.2) is 43.4 Å². The number of aromatic nitrogens is 4. The first-order valence-corrected chi connectivity index (χ1v) is 13.8. The molecule has 8 heteroatoms. The second kappa shape index (κ2) is 10.8. The molecule has 0 amide bonds. The molecule has 5 rings (SSSR count). The molecule has 8 nitrogen and oxygen atoms in total. The Bertz CT molecular complexity index is 1370. The number of aliphatic hydroxyl groups excluding tert-OH is 1. The van der Waals surface area contributed by atoms with E-state index >= 15 is 0 Å². The minimum absolute atomic E-state index is 0.109. The predicted molar refractivity (Wildman–Crippen MR) is 144 cm³/mol. The maximum Gasteiger partial charge on any atom is 0.338 e. The van der Waals surface area contributed by atoms with Crippen LogP contribution in [0, 0.1) is 19.8 Å². The number of rotatable bonds is 9. The summed E-state index contributed by atoms with van der Waals surface area (Å²) in [6.07, 6.45) is 7.15. The molecule has 3 heterocycles. The number of ether oxygens (including phenoxy) is 2. The van der Waals surface area contributed by atoms with Crippen LogP contribution in [0.2, 0.25) is 0 Å². The number of hydrogen-bond acceptors (Lipinski definition) is 7. The van der Waals surface area contributed by atoms with Crippen molar-refractivity contribution in [2.45, 2.75) is 90.8 Å². The number of carbonyl (C=O) groups excluding carboxylic acids is 1. The van der Waals surface area contributed by atoms with Gasteiger partial charge in [0.15, 0.2) is 5.82 Å². The molecule has 202 valence electrons. The third-order valence-electron chi connectivity index (χ3n) is 8.24. The van der Waals surface area contributed by atoms with Crippen LogP contribution in [0.1, 0.15) is 79.4 Å². The van der Waals surface area contributed by atoms with E-state index in [1.165, 1.54) is 16.7 Å². The third-order valence-corrected chi connectivity index (χ3v) is 8.24. The van der Waals surface area contributed by atoms with Crippen molar-refractivity contribution in [3.8, 4) is 0 Å². The molecule has 0 spiro atoms. The Morgan fingerprint density at radius 2 is 1.95 bits per heavy atom. The summed E-state index contributed by atoms with van der Waals surface area (Å²) in [6, 6.07) is 8.47. The van der Waals surface area contributed by atoms with Gasteiger partial charge >= 0.3 is 5.97 Å². The van der Waals surface area contributed by atoms with E-state index in [4.69, 9.17) is 9.47 Å². The van der Waals surface area contributed by atoms with Gasteiger partial charge in [0.25, 0.3) is 5.78 Å². The Morgan fingerprint density at radius 1 is 1.16 bits per heavy atom. The monoisotopic (exact) mass is 518 g/mol. The molecule has 38 heavy (non-hydrogen) atoms. The molecule has 1 saturated carbocycles. The molecule has 0 radical (unpaired) electrons. The molecule has 1 unspecified atom stereocenters. The Balaban J connectivity index is 1.39. The zero-order chi connectivity index (χ0) is 26.9. The van der Waals surface area contributed by atoms with E-state index in [0.717, 1.165) is 49.9 Å². The second-order valence-electron chi connectivity index (χ2n) is 10.9. The van der Waals surface area contributed by atoms with Gasteiger partial charge in [-0.05, 0) is 74.6 Å². The van der Waals surface area contributed by atoms with E-state index in [1.54, 1.807) is 11.6 Å². The number of cyclic esters (lactones) is 1. The van der Waals surface area contributed by atoms with Crippen LogP contribution in [0.4, 0.5) is 0 Å². The average Bonchev–Trinajstić information content (AvgIpc) is 3.57. The van der Waals surface area contributed by atoms with Crippen LogP contribution in [-0.2, 0) is 40.1 Å². The fourth-order valence-corrected chi connectivity index (χ4v) is 6.24. The number of nitrogens with zero attached hydrogens (tertiary/aromatic N) is 4. The van der Waals surface area contributed by atoms with Gasteiger partial charge in [0.05, 0.1) is 12.2 Å². The first-order valence-electron chi connectivity index (χ1n) is 13.8. The van der Waals surface area contributed by atoms with Crippen molar-refractivity contribution in [3.05, 3.63) is 69.5 Å². The SMILES string of the molecule is CCc1cc(CCC2(C3CCCC3)CC(O)=C(Cc3nc4nc(C)cc(C)n4n3)C(=O)O2)ccc1COC. The molecule has 1 aromatic carbocycles. The Kier molecular flexibility index (Phi) is 7.52. The van der Waals surface area contributed by atoms with Crippen LogP contribution in [0.15, 0.2) is 35.6 Å². The predicted octanol–water partition coefficient (Wildman–Crippen LogP) is 5.31. The van der Waals surface area contributed by atoms with E-state index in [2.05, 4.69) is 40.2 Å². The molecule has 1 aliphatic heterocycles. The second-order valence-corrected chi connectivity index (χ2v) is 10.9.